The normalized spacial score (nSPS) is 15.9. The van der Waals surface area contributed by atoms with E-state index in [1.54, 1.807) is 30.0 Å². The molecule has 0 atom stereocenters. The standard InChI is InChI=1S/C18H19F3N2O3/c1-13-16(6-11-25-13)17(24)23-9-7-22(8-10-23)12-14-2-4-15(5-3-14)26-18(19,20)21/h2-6,11H,7-10,12H2,1H3. The van der Waals surface area contributed by atoms with Crippen molar-refractivity contribution in [2.45, 2.75) is 19.8 Å². The van der Waals surface area contributed by atoms with Crippen LogP contribution in [0.5, 0.6) is 5.75 Å². The fourth-order valence-electron chi connectivity index (χ4n) is 2.94. The number of aryl methyl sites for hydroxylation is 1. The molecule has 0 bridgehead atoms. The Labute approximate surface area is 148 Å². The van der Waals surface area contributed by atoms with Crippen LogP contribution in [0.3, 0.4) is 0 Å². The summed E-state index contributed by atoms with van der Waals surface area (Å²) in [5, 5.41) is 0. The largest absolute Gasteiger partial charge is 0.573 e. The van der Waals surface area contributed by atoms with Gasteiger partial charge in [0, 0.05) is 32.7 Å². The van der Waals surface area contributed by atoms with E-state index in [9.17, 15) is 18.0 Å². The topological polar surface area (TPSA) is 45.9 Å². The molecule has 1 fully saturated rings. The lowest BCUT2D eigenvalue weighted by molar-refractivity contribution is -0.274. The summed E-state index contributed by atoms with van der Waals surface area (Å²) in [6.07, 6.45) is -3.18. The zero-order valence-corrected chi connectivity index (χ0v) is 14.3. The lowest BCUT2D eigenvalue weighted by atomic mass is 10.1. The molecule has 1 aromatic heterocycles. The van der Waals surface area contributed by atoms with Gasteiger partial charge in [-0.25, -0.2) is 0 Å². The summed E-state index contributed by atoms with van der Waals surface area (Å²) < 4.78 is 45.6. The number of furan rings is 1. The Morgan fingerprint density at radius 3 is 2.31 bits per heavy atom. The number of rotatable bonds is 4. The first kappa shape index (κ1) is 18.3. The SMILES string of the molecule is Cc1occc1C(=O)N1CCN(Cc2ccc(OC(F)(F)F)cc2)CC1. The monoisotopic (exact) mass is 368 g/mol. The highest BCUT2D eigenvalue weighted by atomic mass is 19.4. The number of hydrogen-bond donors (Lipinski definition) is 0. The van der Waals surface area contributed by atoms with E-state index in [0.717, 1.165) is 5.56 Å². The average molecular weight is 368 g/mol. The molecule has 1 saturated heterocycles. The van der Waals surface area contributed by atoms with Gasteiger partial charge in [-0.2, -0.15) is 0 Å². The van der Waals surface area contributed by atoms with E-state index < -0.39 is 6.36 Å². The second-order valence-electron chi connectivity index (χ2n) is 6.15. The highest BCUT2D eigenvalue weighted by molar-refractivity contribution is 5.95. The summed E-state index contributed by atoms with van der Waals surface area (Å²) in [6.45, 7) is 4.96. The second-order valence-corrected chi connectivity index (χ2v) is 6.15. The van der Waals surface area contributed by atoms with Crippen LogP contribution in [0.15, 0.2) is 41.0 Å². The van der Waals surface area contributed by atoms with Crippen LogP contribution in [0.4, 0.5) is 13.2 Å². The minimum absolute atomic E-state index is 0.0375. The Hall–Kier alpha value is -2.48. The van der Waals surface area contributed by atoms with Gasteiger partial charge in [-0.1, -0.05) is 12.1 Å². The summed E-state index contributed by atoms with van der Waals surface area (Å²) in [5.74, 6) is 0.343. The summed E-state index contributed by atoms with van der Waals surface area (Å²) in [5.41, 5.74) is 1.48. The van der Waals surface area contributed by atoms with Gasteiger partial charge in [-0.3, -0.25) is 9.69 Å². The summed E-state index contributed by atoms with van der Waals surface area (Å²) in [7, 11) is 0. The molecule has 0 radical (unpaired) electrons. The smallest absolute Gasteiger partial charge is 0.469 e. The van der Waals surface area contributed by atoms with Gasteiger partial charge in [0.05, 0.1) is 11.8 Å². The van der Waals surface area contributed by atoms with Crippen LogP contribution < -0.4 is 4.74 Å². The highest BCUT2D eigenvalue weighted by Crippen LogP contribution is 2.23. The molecule has 0 aliphatic carbocycles. The van der Waals surface area contributed by atoms with Gasteiger partial charge >= 0.3 is 6.36 Å². The van der Waals surface area contributed by atoms with Crippen molar-refractivity contribution < 1.29 is 27.1 Å². The van der Waals surface area contributed by atoms with E-state index in [0.29, 0.717) is 44.0 Å². The quantitative estimate of drug-likeness (QED) is 0.829. The van der Waals surface area contributed by atoms with Gasteiger partial charge in [0.25, 0.3) is 5.91 Å². The Balaban J connectivity index is 1.51. The summed E-state index contributed by atoms with van der Waals surface area (Å²) >= 11 is 0. The second kappa shape index (κ2) is 7.41. The van der Waals surface area contributed by atoms with E-state index in [1.807, 2.05) is 0 Å². The predicted molar refractivity (Wildman–Crippen MR) is 87.8 cm³/mol. The molecule has 140 valence electrons. The Morgan fingerprint density at radius 2 is 1.77 bits per heavy atom. The number of halogens is 3. The fraction of sp³-hybridized carbons (Fsp3) is 0.389. The van der Waals surface area contributed by atoms with Crippen molar-refractivity contribution in [2.75, 3.05) is 26.2 Å². The van der Waals surface area contributed by atoms with Crippen LogP contribution in [0.2, 0.25) is 0 Å². The van der Waals surface area contributed by atoms with Crippen molar-refractivity contribution in [1.29, 1.82) is 0 Å². The number of piperazine rings is 1. The van der Waals surface area contributed by atoms with Gasteiger partial charge in [0.2, 0.25) is 0 Å². The van der Waals surface area contributed by atoms with Crippen molar-refractivity contribution >= 4 is 5.91 Å². The van der Waals surface area contributed by atoms with Crippen LogP contribution in [0.25, 0.3) is 0 Å². The lowest BCUT2D eigenvalue weighted by Gasteiger charge is -2.34. The lowest BCUT2D eigenvalue weighted by Crippen LogP contribution is -2.48. The maximum Gasteiger partial charge on any atom is 0.573 e. The van der Waals surface area contributed by atoms with Crippen molar-refractivity contribution in [3.8, 4) is 5.75 Å². The van der Waals surface area contributed by atoms with E-state index in [2.05, 4.69) is 9.64 Å². The van der Waals surface area contributed by atoms with Crippen LogP contribution in [-0.4, -0.2) is 48.2 Å². The van der Waals surface area contributed by atoms with Crippen molar-refractivity contribution in [3.63, 3.8) is 0 Å². The number of benzene rings is 1. The molecule has 2 aromatic rings. The molecule has 1 aliphatic heterocycles. The third-order valence-corrected chi connectivity index (χ3v) is 4.31. The van der Waals surface area contributed by atoms with Crippen molar-refractivity contribution in [3.05, 3.63) is 53.5 Å². The molecule has 0 N–H and O–H groups in total. The fourth-order valence-corrected chi connectivity index (χ4v) is 2.94. The third-order valence-electron chi connectivity index (χ3n) is 4.31. The summed E-state index contributed by atoms with van der Waals surface area (Å²) in [4.78, 5) is 16.4. The zero-order chi connectivity index (χ0) is 18.7. The minimum atomic E-state index is -4.68. The minimum Gasteiger partial charge on any atom is -0.469 e. The zero-order valence-electron chi connectivity index (χ0n) is 14.3. The predicted octanol–water partition coefficient (Wildman–Crippen LogP) is 3.44. The maximum atomic E-state index is 12.4. The van der Waals surface area contributed by atoms with Crippen LogP contribution in [0.1, 0.15) is 21.7 Å². The molecule has 0 unspecified atom stereocenters. The number of amides is 1. The molecule has 5 nitrogen and oxygen atoms in total. The number of carbonyl (C=O) groups is 1. The molecule has 3 rings (SSSR count). The molecular formula is C18H19F3N2O3. The molecule has 1 amide bonds. The molecule has 0 saturated carbocycles. The number of alkyl halides is 3. The third kappa shape index (κ3) is 4.57. The Morgan fingerprint density at radius 1 is 1.12 bits per heavy atom. The molecule has 2 heterocycles. The van der Waals surface area contributed by atoms with Crippen LogP contribution >= 0.6 is 0 Å². The molecule has 0 spiro atoms. The Kier molecular flexibility index (Phi) is 5.22. The molecular weight excluding hydrogens is 349 g/mol. The highest BCUT2D eigenvalue weighted by Gasteiger charge is 2.31. The van der Waals surface area contributed by atoms with Gasteiger partial charge in [0.15, 0.2) is 0 Å². The van der Waals surface area contributed by atoms with Gasteiger partial charge in [-0.15, -0.1) is 13.2 Å². The molecule has 8 heteroatoms. The average Bonchev–Trinajstić information content (AvgIpc) is 3.01. The van der Waals surface area contributed by atoms with E-state index in [1.165, 1.54) is 18.4 Å². The maximum absolute atomic E-state index is 12.4. The Bertz CT molecular complexity index is 748. The van der Waals surface area contributed by atoms with E-state index in [-0.39, 0.29) is 11.7 Å². The number of hydrogen-bond acceptors (Lipinski definition) is 4. The molecule has 26 heavy (non-hydrogen) atoms. The first-order valence-electron chi connectivity index (χ1n) is 8.22. The first-order chi connectivity index (χ1) is 12.3. The number of carbonyl (C=O) groups excluding carboxylic acids is 1. The van der Waals surface area contributed by atoms with E-state index >= 15 is 0 Å². The van der Waals surface area contributed by atoms with Crippen LogP contribution in [0, 0.1) is 6.92 Å². The van der Waals surface area contributed by atoms with Crippen molar-refractivity contribution in [2.24, 2.45) is 0 Å². The van der Waals surface area contributed by atoms with Gasteiger partial charge in [-0.05, 0) is 30.7 Å². The summed E-state index contributed by atoms with van der Waals surface area (Å²) in [6, 6.07) is 7.53. The van der Waals surface area contributed by atoms with E-state index in [4.69, 9.17) is 4.42 Å². The number of ether oxygens (including phenoxy) is 1. The molecule has 1 aromatic carbocycles. The van der Waals surface area contributed by atoms with Crippen molar-refractivity contribution in [1.82, 2.24) is 9.80 Å². The van der Waals surface area contributed by atoms with Crippen LogP contribution in [-0.2, 0) is 6.54 Å². The van der Waals surface area contributed by atoms with Gasteiger partial charge < -0.3 is 14.1 Å². The first-order valence-corrected chi connectivity index (χ1v) is 8.22. The number of nitrogens with zero attached hydrogens (tertiary/aromatic N) is 2. The van der Waals surface area contributed by atoms with Gasteiger partial charge in [0.1, 0.15) is 11.5 Å². The molecule has 1 aliphatic rings.